The van der Waals surface area contributed by atoms with Crippen molar-refractivity contribution in [1.29, 1.82) is 0 Å². The number of para-hydroxylation sites is 1. The van der Waals surface area contributed by atoms with Crippen LogP contribution in [0.2, 0.25) is 5.02 Å². The Kier molecular flexibility index (Phi) is 5.74. The Labute approximate surface area is 127 Å². The van der Waals surface area contributed by atoms with E-state index in [-0.39, 0.29) is 12.5 Å². The first-order chi connectivity index (χ1) is 10.2. The maximum atomic E-state index is 11.9. The largest absolute Gasteiger partial charge is 0.382 e. The van der Waals surface area contributed by atoms with E-state index in [1.807, 2.05) is 0 Å². The maximum absolute atomic E-state index is 11.9. The van der Waals surface area contributed by atoms with Crippen molar-refractivity contribution >= 4 is 23.2 Å². The molecule has 0 unspecified atom stereocenters. The monoisotopic (exact) mass is 309 g/mol. The van der Waals surface area contributed by atoms with Gasteiger partial charge in [0.1, 0.15) is 6.61 Å². The first-order valence-corrected chi connectivity index (χ1v) is 6.73. The Bertz CT molecular complexity index is 587. The first kappa shape index (κ1) is 15.5. The molecule has 0 bridgehead atoms. The van der Waals surface area contributed by atoms with E-state index < -0.39 is 0 Å². The van der Waals surface area contributed by atoms with Crippen molar-refractivity contribution in [3.05, 3.63) is 41.9 Å². The van der Waals surface area contributed by atoms with Gasteiger partial charge in [-0.05, 0) is 12.1 Å². The van der Waals surface area contributed by atoms with Gasteiger partial charge in [-0.25, -0.2) is 4.98 Å². The number of nitrogens with one attached hydrogen (secondary N) is 1. The molecule has 2 aromatic rings. The normalized spacial score (nSPS) is 10.6. The Morgan fingerprint density at radius 2 is 2.29 bits per heavy atom. The van der Waals surface area contributed by atoms with Crippen LogP contribution in [0.5, 0.6) is 0 Å². The number of anilines is 1. The molecule has 0 aliphatic rings. The molecule has 1 aromatic heterocycles. The molecular formula is C14H16ClN3O3. The third-order valence-electron chi connectivity index (χ3n) is 2.69. The predicted octanol–water partition coefficient (Wildman–Crippen LogP) is 2.13. The van der Waals surface area contributed by atoms with E-state index in [9.17, 15) is 4.79 Å². The minimum atomic E-state index is -0.255. The molecule has 2 rings (SSSR count). The van der Waals surface area contributed by atoms with Crippen LogP contribution in [0.1, 0.15) is 0 Å². The maximum Gasteiger partial charge on any atom is 0.250 e. The zero-order chi connectivity index (χ0) is 15.1. The molecule has 1 aromatic carbocycles. The van der Waals surface area contributed by atoms with Crippen LogP contribution in [-0.2, 0) is 14.3 Å². The summed E-state index contributed by atoms with van der Waals surface area (Å²) in [5.41, 5.74) is 1.27. The van der Waals surface area contributed by atoms with Crippen LogP contribution in [-0.4, -0.2) is 42.4 Å². The lowest BCUT2D eigenvalue weighted by molar-refractivity contribution is -0.121. The number of imidazole rings is 1. The van der Waals surface area contributed by atoms with E-state index in [2.05, 4.69) is 10.3 Å². The number of ether oxygens (including phenoxy) is 2. The molecule has 0 saturated heterocycles. The summed E-state index contributed by atoms with van der Waals surface area (Å²) in [4.78, 5) is 15.8. The summed E-state index contributed by atoms with van der Waals surface area (Å²) in [6.07, 6.45) is 5.01. The number of amides is 1. The van der Waals surface area contributed by atoms with Gasteiger partial charge < -0.3 is 19.4 Å². The molecule has 7 heteroatoms. The lowest BCUT2D eigenvalue weighted by atomic mass is 10.2. The number of rotatable bonds is 7. The Hall–Kier alpha value is -1.89. The topological polar surface area (TPSA) is 65.4 Å². The second-order valence-electron chi connectivity index (χ2n) is 4.20. The predicted molar refractivity (Wildman–Crippen MR) is 79.9 cm³/mol. The first-order valence-electron chi connectivity index (χ1n) is 6.35. The van der Waals surface area contributed by atoms with Crippen molar-refractivity contribution in [2.24, 2.45) is 0 Å². The molecule has 1 N–H and O–H groups in total. The summed E-state index contributed by atoms with van der Waals surface area (Å²) in [6, 6.07) is 5.29. The summed E-state index contributed by atoms with van der Waals surface area (Å²) >= 11 is 6.20. The number of carbonyl (C=O) groups is 1. The number of hydrogen-bond acceptors (Lipinski definition) is 4. The number of aromatic nitrogens is 2. The van der Waals surface area contributed by atoms with Gasteiger partial charge in [0.15, 0.2) is 0 Å². The molecule has 0 atom stereocenters. The highest BCUT2D eigenvalue weighted by Gasteiger charge is 2.11. The number of carbonyl (C=O) groups excluding carboxylic acids is 1. The van der Waals surface area contributed by atoms with Gasteiger partial charge in [-0.3, -0.25) is 4.79 Å². The average Bonchev–Trinajstić information content (AvgIpc) is 2.97. The molecule has 21 heavy (non-hydrogen) atoms. The van der Waals surface area contributed by atoms with E-state index in [1.165, 1.54) is 0 Å². The van der Waals surface area contributed by atoms with Crippen LogP contribution in [0.3, 0.4) is 0 Å². The van der Waals surface area contributed by atoms with Gasteiger partial charge in [-0.2, -0.15) is 0 Å². The SMILES string of the molecule is COCCOCC(=O)Nc1cccc(Cl)c1-n1ccnc1. The van der Waals surface area contributed by atoms with Crippen molar-refractivity contribution in [2.75, 3.05) is 32.2 Å². The average molecular weight is 310 g/mol. The van der Waals surface area contributed by atoms with Crippen molar-refractivity contribution < 1.29 is 14.3 Å². The van der Waals surface area contributed by atoms with Gasteiger partial charge in [-0.15, -0.1) is 0 Å². The van der Waals surface area contributed by atoms with E-state index in [1.54, 1.807) is 48.6 Å². The molecule has 1 heterocycles. The van der Waals surface area contributed by atoms with Gasteiger partial charge in [0.25, 0.3) is 0 Å². The molecule has 0 aliphatic heterocycles. The minimum absolute atomic E-state index is 0.0424. The lowest BCUT2D eigenvalue weighted by Gasteiger charge is -2.13. The van der Waals surface area contributed by atoms with Gasteiger partial charge >= 0.3 is 0 Å². The van der Waals surface area contributed by atoms with Gasteiger partial charge in [-0.1, -0.05) is 17.7 Å². The molecule has 0 aliphatic carbocycles. The highest BCUT2D eigenvalue weighted by Crippen LogP contribution is 2.28. The van der Waals surface area contributed by atoms with Crippen molar-refractivity contribution in [3.8, 4) is 5.69 Å². The zero-order valence-corrected chi connectivity index (χ0v) is 12.3. The Morgan fingerprint density at radius 1 is 1.43 bits per heavy atom. The summed E-state index contributed by atoms with van der Waals surface area (Å²) in [7, 11) is 1.58. The zero-order valence-electron chi connectivity index (χ0n) is 11.6. The summed E-state index contributed by atoms with van der Waals surface area (Å²) in [6.45, 7) is 0.776. The highest BCUT2D eigenvalue weighted by molar-refractivity contribution is 6.33. The molecule has 0 saturated carbocycles. The van der Waals surface area contributed by atoms with Gasteiger partial charge in [0.2, 0.25) is 5.91 Å². The van der Waals surface area contributed by atoms with Crippen molar-refractivity contribution in [3.63, 3.8) is 0 Å². The molecular weight excluding hydrogens is 294 g/mol. The fraction of sp³-hybridized carbons (Fsp3) is 0.286. The summed E-state index contributed by atoms with van der Waals surface area (Å²) in [5.74, 6) is -0.255. The van der Waals surface area contributed by atoms with Crippen LogP contribution in [0.4, 0.5) is 5.69 Å². The van der Waals surface area contributed by atoms with Crippen LogP contribution in [0.15, 0.2) is 36.9 Å². The highest BCUT2D eigenvalue weighted by atomic mass is 35.5. The van der Waals surface area contributed by atoms with Crippen LogP contribution < -0.4 is 5.32 Å². The molecule has 112 valence electrons. The van der Waals surface area contributed by atoms with E-state index in [0.29, 0.717) is 29.6 Å². The summed E-state index contributed by atoms with van der Waals surface area (Å²) in [5, 5.41) is 3.30. The summed E-state index contributed by atoms with van der Waals surface area (Å²) < 4.78 is 11.8. The number of nitrogens with zero attached hydrogens (tertiary/aromatic N) is 2. The number of benzene rings is 1. The number of halogens is 1. The molecule has 0 radical (unpaired) electrons. The second-order valence-corrected chi connectivity index (χ2v) is 4.61. The second kappa shape index (κ2) is 7.78. The lowest BCUT2D eigenvalue weighted by Crippen LogP contribution is -2.20. The standard InChI is InChI=1S/C14H16ClN3O3/c1-20-7-8-21-9-13(19)17-12-4-2-3-11(15)14(12)18-6-5-16-10-18/h2-6,10H,7-9H2,1H3,(H,17,19). The van der Waals surface area contributed by atoms with Crippen LogP contribution in [0, 0.1) is 0 Å². The number of hydrogen-bond donors (Lipinski definition) is 1. The minimum Gasteiger partial charge on any atom is -0.382 e. The van der Waals surface area contributed by atoms with E-state index >= 15 is 0 Å². The van der Waals surface area contributed by atoms with Gasteiger partial charge in [0, 0.05) is 19.5 Å². The quantitative estimate of drug-likeness (QED) is 0.796. The fourth-order valence-corrected chi connectivity index (χ4v) is 2.04. The smallest absolute Gasteiger partial charge is 0.250 e. The van der Waals surface area contributed by atoms with Crippen LogP contribution in [0.25, 0.3) is 5.69 Å². The number of methoxy groups -OCH3 is 1. The Morgan fingerprint density at radius 3 is 3.00 bits per heavy atom. The van der Waals surface area contributed by atoms with Crippen molar-refractivity contribution in [2.45, 2.75) is 0 Å². The van der Waals surface area contributed by atoms with E-state index in [4.69, 9.17) is 21.1 Å². The third kappa shape index (κ3) is 4.29. The molecule has 0 fully saturated rings. The van der Waals surface area contributed by atoms with Gasteiger partial charge in [0.05, 0.1) is 35.9 Å². The third-order valence-corrected chi connectivity index (χ3v) is 2.99. The van der Waals surface area contributed by atoms with Crippen LogP contribution >= 0.6 is 11.6 Å². The molecule has 6 nitrogen and oxygen atoms in total. The Balaban J connectivity index is 2.07. The molecule has 1 amide bonds. The van der Waals surface area contributed by atoms with Crippen molar-refractivity contribution in [1.82, 2.24) is 9.55 Å². The fourth-order valence-electron chi connectivity index (χ4n) is 1.76. The van der Waals surface area contributed by atoms with E-state index in [0.717, 1.165) is 0 Å². The molecule has 0 spiro atoms.